The maximum absolute atomic E-state index is 12.3. The molecule has 0 aliphatic rings. The molecule has 0 saturated carbocycles. The molecule has 1 amide bonds. The molecule has 0 aliphatic carbocycles. The number of nitrogens with zero attached hydrogens (tertiary/aromatic N) is 1. The Labute approximate surface area is 148 Å². The Kier molecular flexibility index (Phi) is 4.85. The molecular formula is C18H18N2O4S. The van der Waals surface area contributed by atoms with Crippen molar-refractivity contribution < 1.29 is 19.1 Å². The van der Waals surface area contributed by atoms with Gasteiger partial charge in [0.25, 0.3) is 5.91 Å². The summed E-state index contributed by atoms with van der Waals surface area (Å²) >= 11 is 1.47. The monoisotopic (exact) mass is 358 g/mol. The molecular weight excluding hydrogens is 340 g/mol. The van der Waals surface area contributed by atoms with Crippen molar-refractivity contribution in [3.63, 3.8) is 0 Å². The molecule has 7 heteroatoms. The quantitative estimate of drug-likeness (QED) is 0.699. The highest BCUT2D eigenvalue weighted by molar-refractivity contribution is 7.21. The van der Waals surface area contributed by atoms with Gasteiger partial charge in [0.15, 0.2) is 16.5 Å². The Hall–Kier alpha value is -2.67. The molecule has 0 aliphatic heterocycles. The van der Waals surface area contributed by atoms with Gasteiger partial charge in [-0.05, 0) is 30.2 Å². The van der Waals surface area contributed by atoms with Crippen LogP contribution in [0.3, 0.4) is 0 Å². The fraction of sp³-hybridized carbons (Fsp3) is 0.278. The van der Waals surface area contributed by atoms with Crippen LogP contribution in [0, 0.1) is 5.92 Å². The van der Waals surface area contributed by atoms with Gasteiger partial charge in [-0.2, -0.15) is 0 Å². The number of hydrogen-bond acceptors (Lipinski definition) is 5. The topological polar surface area (TPSA) is 92.4 Å². The van der Waals surface area contributed by atoms with E-state index in [4.69, 9.17) is 4.42 Å². The number of benzene rings is 1. The predicted molar refractivity (Wildman–Crippen MR) is 95.7 cm³/mol. The van der Waals surface area contributed by atoms with Crippen LogP contribution in [-0.2, 0) is 4.79 Å². The first-order valence-electron chi connectivity index (χ1n) is 7.99. The van der Waals surface area contributed by atoms with Crippen molar-refractivity contribution in [2.75, 3.05) is 0 Å². The van der Waals surface area contributed by atoms with Gasteiger partial charge in [0.2, 0.25) is 0 Å². The van der Waals surface area contributed by atoms with E-state index in [1.54, 1.807) is 13.0 Å². The Morgan fingerprint density at radius 3 is 2.72 bits per heavy atom. The average Bonchev–Trinajstić information content (AvgIpc) is 3.24. The number of fused-ring (bicyclic) bond motifs is 1. The summed E-state index contributed by atoms with van der Waals surface area (Å²) in [4.78, 5) is 28.1. The summed E-state index contributed by atoms with van der Waals surface area (Å²) in [6.45, 7) is 3.67. The van der Waals surface area contributed by atoms with Gasteiger partial charge in [0, 0.05) is 0 Å². The summed E-state index contributed by atoms with van der Waals surface area (Å²) in [5.41, 5.74) is 0.868. The highest BCUT2D eigenvalue weighted by atomic mass is 32.1. The van der Waals surface area contributed by atoms with Gasteiger partial charge in [-0.1, -0.05) is 32.4 Å². The van der Waals surface area contributed by atoms with Crippen LogP contribution in [0.25, 0.3) is 21.0 Å². The molecule has 0 bridgehead atoms. The maximum atomic E-state index is 12.3. The second-order valence-corrected chi connectivity index (χ2v) is 6.86. The molecule has 2 atom stereocenters. The summed E-state index contributed by atoms with van der Waals surface area (Å²) < 4.78 is 6.63. The van der Waals surface area contributed by atoms with Crippen LogP contribution >= 0.6 is 11.3 Å². The number of nitrogens with one attached hydrogen (secondary N) is 1. The molecule has 0 spiro atoms. The van der Waals surface area contributed by atoms with E-state index >= 15 is 0 Å². The third-order valence-electron chi connectivity index (χ3n) is 4.10. The summed E-state index contributed by atoms with van der Waals surface area (Å²) in [5.74, 6) is -1.22. The maximum Gasteiger partial charge on any atom is 0.326 e. The molecule has 6 nitrogen and oxygen atoms in total. The molecule has 25 heavy (non-hydrogen) atoms. The minimum atomic E-state index is -1.05. The number of rotatable bonds is 6. The number of carbonyl (C=O) groups excluding carboxylic acids is 1. The van der Waals surface area contributed by atoms with Crippen molar-refractivity contribution >= 4 is 33.4 Å². The van der Waals surface area contributed by atoms with Gasteiger partial charge < -0.3 is 14.8 Å². The van der Waals surface area contributed by atoms with E-state index in [0.29, 0.717) is 17.2 Å². The van der Waals surface area contributed by atoms with E-state index in [9.17, 15) is 14.7 Å². The SMILES string of the molecule is CC[C@H](C)[C@H](NC(=O)c1ccc(-c2nc3ccccc3s2)o1)C(=O)O. The molecule has 2 N–H and O–H groups in total. The number of carboxylic acids is 1. The summed E-state index contributed by atoms with van der Waals surface area (Å²) in [6, 6.07) is 9.98. The lowest BCUT2D eigenvalue weighted by Gasteiger charge is -2.19. The fourth-order valence-electron chi connectivity index (χ4n) is 2.45. The van der Waals surface area contributed by atoms with Gasteiger partial charge in [-0.15, -0.1) is 11.3 Å². The van der Waals surface area contributed by atoms with E-state index in [1.807, 2.05) is 31.2 Å². The standard InChI is InChI=1S/C18H18N2O4S/c1-3-10(2)15(18(22)23)20-16(21)12-8-9-13(24-12)17-19-11-6-4-5-7-14(11)25-17/h4-10,15H,3H2,1-2H3,(H,20,21)(H,22,23)/t10-,15-/m0/s1. The molecule has 0 unspecified atom stereocenters. The second-order valence-electron chi connectivity index (χ2n) is 5.83. The molecule has 3 rings (SSSR count). The van der Waals surface area contributed by atoms with Crippen molar-refractivity contribution in [1.82, 2.24) is 10.3 Å². The van der Waals surface area contributed by atoms with E-state index < -0.39 is 17.9 Å². The summed E-state index contributed by atoms with van der Waals surface area (Å²) in [6.07, 6.45) is 0.645. The van der Waals surface area contributed by atoms with Crippen molar-refractivity contribution in [1.29, 1.82) is 0 Å². The number of hydrogen-bond donors (Lipinski definition) is 2. The minimum absolute atomic E-state index is 0.0730. The lowest BCUT2D eigenvalue weighted by atomic mass is 9.99. The van der Waals surface area contributed by atoms with Crippen LogP contribution < -0.4 is 5.32 Å². The number of para-hydroxylation sites is 1. The number of carboxylic acid groups (broad SMARTS) is 1. The molecule has 3 aromatic rings. The zero-order chi connectivity index (χ0) is 18.0. The molecule has 2 heterocycles. The summed E-state index contributed by atoms with van der Waals surface area (Å²) in [5, 5.41) is 12.5. The van der Waals surface area contributed by atoms with Gasteiger partial charge in [0.1, 0.15) is 6.04 Å². The number of aromatic nitrogens is 1. The van der Waals surface area contributed by atoms with Gasteiger partial charge in [-0.25, -0.2) is 9.78 Å². The lowest BCUT2D eigenvalue weighted by Crippen LogP contribution is -2.44. The minimum Gasteiger partial charge on any atom is -0.480 e. The van der Waals surface area contributed by atoms with Crippen LogP contribution in [0.15, 0.2) is 40.8 Å². The molecule has 130 valence electrons. The Bertz CT molecular complexity index is 882. The number of furan rings is 1. The molecule has 2 aromatic heterocycles. The van der Waals surface area contributed by atoms with Crippen molar-refractivity contribution in [2.24, 2.45) is 5.92 Å². The predicted octanol–water partition coefficient (Wildman–Crippen LogP) is 3.79. The first kappa shape index (κ1) is 17.2. The van der Waals surface area contributed by atoms with Gasteiger partial charge in [-0.3, -0.25) is 4.79 Å². The smallest absolute Gasteiger partial charge is 0.326 e. The van der Waals surface area contributed by atoms with Crippen molar-refractivity contribution in [3.05, 3.63) is 42.2 Å². The van der Waals surface area contributed by atoms with E-state index in [0.717, 1.165) is 10.2 Å². The third-order valence-corrected chi connectivity index (χ3v) is 5.15. The van der Waals surface area contributed by atoms with Crippen molar-refractivity contribution in [2.45, 2.75) is 26.3 Å². The molecule has 0 saturated heterocycles. The molecule has 0 fully saturated rings. The number of aliphatic carboxylic acids is 1. The zero-order valence-corrected chi connectivity index (χ0v) is 14.7. The van der Waals surface area contributed by atoms with Crippen LogP contribution in [0.1, 0.15) is 30.8 Å². The van der Waals surface area contributed by atoms with Crippen LogP contribution in [0.5, 0.6) is 0 Å². The first-order valence-corrected chi connectivity index (χ1v) is 8.80. The number of amides is 1. The average molecular weight is 358 g/mol. The fourth-order valence-corrected chi connectivity index (χ4v) is 3.38. The first-order chi connectivity index (χ1) is 12.0. The van der Waals surface area contributed by atoms with E-state index in [2.05, 4.69) is 10.3 Å². The number of thiazole rings is 1. The van der Waals surface area contributed by atoms with Crippen molar-refractivity contribution in [3.8, 4) is 10.8 Å². The van der Waals surface area contributed by atoms with Gasteiger partial charge >= 0.3 is 5.97 Å². The van der Waals surface area contributed by atoms with E-state index in [1.165, 1.54) is 17.4 Å². The van der Waals surface area contributed by atoms with Crippen LogP contribution in [-0.4, -0.2) is 28.0 Å². The normalized spacial score (nSPS) is 13.5. The van der Waals surface area contributed by atoms with Crippen LogP contribution in [0.4, 0.5) is 0 Å². The number of carbonyl (C=O) groups is 2. The molecule has 1 aromatic carbocycles. The largest absolute Gasteiger partial charge is 0.480 e. The highest BCUT2D eigenvalue weighted by Crippen LogP contribution is 2.31. The highest BCUT2D eigenvalue weighted by Gasteiger charge is 2.27. The lowest BCUT2D eigenvalue weighted by molar-refractivity contribution is -0.140. The Balaban J connectivity index is 1.80. The third kappa shape index (κ3) is 3.56. The van der Waals surface area contributed by atoms with Gasteiger partial charge in [0.05, 0.1) is 10.2 Å². The Morgan fingerprint density at radius 1 is 1.28 bits per heavy atom. The Morgan fingerprint density at radius 2 is 2.04 bits per heavy atom. The van der Waals surface area contributed by atoms with Crippen LogP contribution in [0.2, 0.25) is 0 Å². The van der Waals surface area contributed by atoms with E-state index in [-0.39, 0.29) is 11.7 Å². The molecule has 0 radical (unpaired) electrons. The second kappa shape index (κ2) is 7.06. The zero-order valence-electron chi connectivity index (χ0n) is 13.9. The summed E-state index contributed by atoms with van der Waals surface area (Å²) in [7, 11) is 0.